The zero-order valence-electron chi connectivity index (χ0n) is 12.3. The molecule has 1 aliphatic rings. The van der Waals surface area contributed by atoms with E-state index in [2.05, 4.69) is 43.4 Å². The van der Waals surface area contributed by atoms with Gasteiger partial charge in [0.2, 0.25) is 0 Å². The molecule has 106 valence electrons. The van der Waals surface area contributed by atoms with Gasteiger partial charge in [-0.3, -0.25) is 0 Å². The fraction of sp³-hybridized carbons (Fsp3) is 0.647. The summed E-state index contributed by atoms with van der Waals surface area (Å²) in [6.07, 6.45) is 4.76. The predicted octanol–water partition coefficient (Wildman–Crippen LogP) is 3.33. The van der Waals surface area contributed by atoms with Crippen molar-refractivity contribution >= 4 is 0 Å². The van der Waals surface area contributed by atoms with Gasteiger partial charge in [-0.15, -0.1) is 0 Å². The lowest BCUT2D eigenvalue weighted by Gasteiger charge is -2.31. The Morgan fingerprint density at radius 2 is 2.00 bits per heavy atom. The number of hydrogen-bond donors (Lipinski definition) is 1. The van der Waals surface area contributed by atoms with Crippen LogP contribution in [0.15, 0.2) is 24.3 Å². The molecule has 0 amide bonds. The molecule has 1 aromatic carbocycles. The first-order valence-electron chi connectivity index (χ1n) is 7.67. The summed E-state index contributed by atoms with van der Waals surface area (Å²) >= 11 is 0. The van der Waals surface area contributed by atoms with Gasteiger partial charge in [0.15, 0.2) is 0 Å². The molecule has 1 aliphatic heterocycles. The molecule has 1 atom stereocenters. The van der Waals surface area contributed by atoms with Crippen LogP contribution in [0, 0.1) is 12.8 Å². The Morgan fingerprint density at radius 3 is 2.68 bits per heavy atom. The molecule has 0 radical (unpaired) electrons. The number of nitrogens with one attached hydrogen (secondary N) is 1. The van der Waals surface area contributed by atoms with Crippen molar-refractivity contribution < 1.29 is 4.74 Å². The van der Waals surface area contributed by atoms with E-state index >= 15 is 0 Å². The van der Waals surface area contributed by atoms with Crippen LogP contribution in [0.3, 0.4) is 0 Å². The molecular weight excluding hydrogens is 234 g/mol. The molecule has 0 spiro atoms. The van der Waals surface area contributed by atoms with Gasteiger partial charge in [0.25, 0.3) is 0 Å². The Balaban J connectivity index is 2.02. The maximum atomic E-state index is 5.50. The van der Waals surface area contributed by atoms with Gasteiger partial charge in [-0.1, -0.05) is 31.2 Å². The van der Waals surface area contributed by atoms with Crippen molar-refractivity contribution in [3.63, 3.8) is 0 Å². The van der Waals surface area contributed by atoms with Crippen LogP contribution in [0.1, 0.15) is 37.3 Å². The molecule has 19 heavy (non-hydrogen) atoms. The highest BCUT2D eigenvalue weighted by molar-refractivity contribution is 5.26. The average Bonchev–Trinajstić information content (AvgIpc) is 2.46. The fourth-order valence-corrected chi connectivity index (χ4v) is 2.93. The van der Waals surface area contributed by atoms with Gasteiger partial charge in [0, 0.05) is 19.3 Å². The predicted molar refractivity (Wildman–Crippen MR) is 80.5 cm³/mol. The standard InChI is InChI=1S/C17H27NO/c1-3-10-18-17(15-8-11-19-12-9-15)13-16-7-5-4-6-14(16)2/h4-7,15,17-18H,3,8-13H2,1-2H3. The number of ether oxygens (including phenoxy) is 1. The van der Waals surface area contributed by atoms with Crippen LogP contribution < -0.4 is 5.32 Å². The quantitative estimate of drug-likeness (QED) is 0.848. The van der Waals surface area contributed by atoms with E-state index < -0.39 is 0 Å². The van der Waals surface area contributed by atoms with Crippen LogP contribution in [-0.2, 0) is 11.2 Å². The monoisotopic (exact) mass is 261 g/mol. The lowest BCUT2D eigenvalue weighted by Crippen LogP contribution is -2.41. The van der Waals surface area contributed by atoms with Gasteiger partial charge in [0.05, 0.1) is 0 Å². The first-order valence-corrected chi connectivity index (χ1v) is 7.67. The van der Waals surface area contributed by atoms with E-state index in [1.54, 1.807) is 0 Å². The topological polar surface area (TPSA) is 21.3 Å². The molecular formula is C17H27NO. The van der Waals surface area contributed by atoms with Crippen molar-refractivity contribution in [3.05, 3.63) is 35.4 Å². The highest BCUT2D eigenvalue weighted by Crippen LogP contribution is 2.22. The van der Waals surface area contributed by atoms with Gasteiger partial charge in [0.1, 0.15) is 0 Å². The van der Waals surface area contributed by atoms with E-state index in [-0.39, 0.29) is 0 Å². The van der Waals surface area contributed by atoms with Crippen molar-refractivity contribution in [2.45, 2.75) is 45.6 Å². The molecule has 2 rings (SSSR count). The molecule has 0 bridgehead atoms. The molecule has 2 nitrogen and oxygen atoms in total. The van der Waals surface area contributed by atoms with Gasteiger partial charge in [-0.05, 0) is 56.2 Å². The molecule has 1 heterocycles. The molecule has 0 aliphatic carbocycles. The molecule has 1 aromatic rings. The highest BCUT2D eigenvalue weighted by atomic mass is 16.5. The summed E-state index contributed by atoms with van der Waals surface area (Å²) in [7, 11) is 0. The molecule has 2 heteroatoms. The smallest absolute Gasteiger partial charge is 0.0469 e. The van der Waals surface area contributed by atoms with Crippen molar-refractivity contribution in [2.24, 2.45) is 5.92 Å². The third-order valence-corrected chi connectivity index (χ3v) is 4.19. The summed E-state index contributed by atoms with van der Waals surface area (Å²) in [4.78, 5) is 0. The number of aryl methyl sites for hydroxylation is 1. The van der Waals surface area contributed by atoms with E-state index in [4.69, 9.17) is 4.74 Å². The molecule has 1 N–H and O–H groups in total. The second kappa shape index (κ2) is 7.66. The van der Waals surface area contributed by atoms with E-state index in [9.17, 15) is 0 Å². The number of benzene rings is 1. The third-order valence-electron chi connectivity index (χ3n) is 4.19. The molecule has 0 saturated carbocycles. The lowest BCUT2D eigenvalue weighted by molar-refractivity contribution is 0.0537. The van der Waals surface area contributed by atoms with Crippen LogP contribution >= 0.6 is 0 Å². The Kier molecular flexibility index (Phi) is 5.87. The van der Waals surface area contributed by atoms with Crippen molar-refractivity contribution in [1.29, 1.82) is 0 Å². The minimum atomic E-state index is 0.602. The summed E-state index contributed by atoms with van der Waals surface area (Å²) in [5.74, 6) is 0.764. The van der Waals surface area contributed by atoms with E-state index in [0.29, 0.717) is 6.04 Å². The highest BCUT2D eigenvalue weighted by Gasteiger charge is 2.23. The average molecular weight is 261 g/mol. The number of hydrogen-bond acceptors (Lipinski definition) is 2. The van der Waals surface area contributed by atoms with Gasteiger partial charge >= 0.3 is 0 Å². The van der Waals surface area contributed by atoms with Crippen LogP contribution in [0.5, 0.6) is 0 Å². The molecule has 1 saturated heterocycles. The van der Waals surface area contributed by atoms with Crippen LogP contribution in [0.25, 0.3) is 0 Å². The first-order chi connectivity index (χ1) is 9.31. The van der Waals surface area contributed by atoms with Crippen LogP contribution in [-0.4, -0.2) is 25.8 Å². The molecule has 0 aromatic heterocycles. The maximum Gasteiger partial charge on any atom is 0.0469 e. The van der Waals surface area contributed by atoms with E-state index in [1.165, 1.54) is 30.4 Å². The summed E-state index contributed by atoms with van der Waals surface area (Å²) in [6, 6.07) is 9.38. The second-order valence-corrected chi connectivity index (χ2v) is 5.64. The van der Waals surface area contributed by atoms with Crippen LogP contribution in [0.4, 0.5) is 0 Å². The molecule has 1 fully saturated rings. The normalized spacial score (nSPS) is 18.4. The summed E-state index contributed by atoms with van der Waals surface area (Å²) in [5.41, 5.74) is 2.90. The van der Waals surface area contributed by atoms with E-state index in [0.717, 1.165) is 32.1 Å². The third kappa shape index (κ3) is 4.32. The Hall–Kier alpha value is -0.860. The summed E-state index contributed by atoms with van der Waals surface area (Å²) < 4.78 is 5.50. The van der Waals surface area contributed by atoms with Gasteiger partial charge in [-0.25, -0.2) is 0 Å². The zero-order valence-corrected chi connectivity index (χ0v) is 12.3. The van der Waals surface area contributed by atoms with Gasteiger partial charge in [-0.2, -0.15) is 0 Å². The maximum absolute atomic E-state index is 5.50. The van der Waals surface area contributed by atoms with Crippen LogP contribution in [0.2, 0.25) is 0 Å². The number of rotatable bonds is 6. The van der Waals surface area contributed by atoms with Crippen molar-refractivity contribution in [1.82, 2.24) is 5.32 Å². The summed E-state index contributed by atoms with van der Waals surface area (Å²) in [6.45, 7) is 7.44. The second-order valence-electron chi connectivity index (χ2n) is 5.64. The zero-order chi connectivity index (χ0) is 13.5. The SMILES string of the molecule is CCCNC(Cc1ccccc1C)C1CCOCC1. The minimum absolute atomic E-state index is 0.602. The van der Waals surface area contributed by atoms with Crippen molar-refractivity contribution in [3.8, 4) is 0 Å². The lowest BCUT2D eigenvalue weighted by atomic mass is 9.86. The Labute approximate surface area is 117 Å². The first kappa shape index (κ1) is 14.5. The molecule has 1 unspecified atom stereocenters. The Bertz CT molecular complexity index is 371. The summed E-state index contributed by atoms with van der Waals surface area (Å²) in [5, 5.41) is 3.76. The Morgan fingerprint density at radius 1 is 1.26 bits per heavy atom. The van der Waals surface area contributed by atoms with E-state index in [1.807, 2.05) is 0 Å². The van der Waals surface area contributed by atoms with Crippen molar-refractivity contribution in [2.75, 3.05) is 19.8 Å². The minimum Gasteiger partial charge on any atom is -0.381 e. The van der Waals surface area contributed by atoms with Gasteiger partial charge < -0.3 is 10.1 Å². The fourth-order valence-electron chi connectivity index (χ4n) is 2.93. The largest absolute Gasteiger partial charge is 0.381 e.